The Morgan fingerprint density at radius 3 is 2.76 bits per heavy atom. The van der Waals surface area contributed by atoms with Gasteiger partial charge in [-0.3, -0.25) is 0 Å². The summed E-state index contributed by atoms with van der Waals surface area (Å²) < 4.78 is 31.1. The van der Waals surface area contributed by atoms with E-state index in [4.69, 9.17) is 4.74 Å². The van der Waals surface area contributed by atoms with Crippen LogP contribution in [0.5, 0.6) is 0 Å². The molecule has 0 spiro atoms. The predicted molar refractivity (Wildman–Crippen MR) is 63.0 cm³/mol. The maximum absolute atomic E-state index is 13.1. The molecule has 1 aromatic rings. The lowest BCUT2D eigenvalue weighted by Crippen LogP contribution is -2.08. The van der Waals surface area contributed by atoms with Crippen molar-refractivity contribution < 1.29 is 13.5 Å². The second kappa shape index (κ2) is 7.17. The normalized spacial score (nSPS) is 10.9. The number of hydrogen-bond acceptors (Lipinski definition) is 3. The number of rotatable bonds is 7. The monoisotopic (exact) mass is 244 g/mol. The molecule has 0 saturated heterocycles. The molecule has 0 aliphatic heterocycles. The molecular formula is C12H18F2N2O. The average molecular weight is 244 g/mol. The van der Waals surface area contributed by atoms with E-state index < -0.39 is 11.6 Å². The molecule has 0 bridgehead atoms. The Morgan fingerprint density at radius 2 is 2.12 bits per heavy atom. The molecule has 3 nitrogen and oxygen atoms in total. The first kappa shape index (κ1) is 13.8. The molecule has 0 unspecified atom stereocenters. The van der Waals surface area contributed by atoms with Crippen LogP contribution in [0.4, 0.5) is 14.6 Å². The third-order valence-corrected chi connectivity index (χ3v) is 2.12. The fourth-order valence-corrected chi connectivity index (χ4v) is 1.30. The number of halogens is 2. The summed E-state index contributed by atoms with van der Waals surface area (Å²) in [4.78, 5) is 3.63. The summed E-state index contributed by atoms with van der Waals surface area (Å²) in [6.45, 7) is 5.25. The van der Waals surface area contributed by atoms with E-state index >= 15 is 0 Å². The van der Waals surface area contributed by atoms with E-state index in [1.807, 2.05) is 13.8 Å². The SMILES string of the molecule is CC(C)OCCCCNc1ncc(F)cc1F. The van der Waals surface area contributed by atoms with Crippen LogP contribution in [0.3, 0.4) is 0 Å². The third kappa shape index (κ3) is 5.58. The lowest BCUT2D eigenvalue weighted by molar-refractivity contribution is 0.0765. The van der Waals surface area contributed by atoms with Crippen LogP contribution >= 0.6 is 0 Å². The molecule has 1 aromatic heterocycles. The molecule has 17 heavy (non-hydrogen) atoms. The van der Waals surface area contributed by atoms with Crippen molar-refractivity contribution in [2.24, 2.45) is 0 Å². The van der Waals surface area contributed by atoms with Crippen LogP contribution in [-0.4, -0.2) is 24.2 Å². The van der Waals surface area contributed by atoms with Gasteiger partial charge in [0, 0.05) is 19.2 Å². The molecule has 1 heterocycles. The largest absolute Gasteiger partial charge is 0.379 e. The zero-order chi connectivity index (χ0) is 12.7. The van der Waals surface area contributed by atoms with Gasteiger partial charge in [0.1, 0.15) is 5.82 Å². The van der Waals surface area contributed by atoms with Crippen LogP contribution in [0.25, 0.3) is 0 Å². The van der Waals surface area contributed by atoms with Crippen molar-refractivity contribution in [1.82, 2.24) is 4.98 Å². The smallest absolute Gasteiger partial charge is 0.168 e. The van der Waals surface area contributed by atoms with Gasteiger partial charge in [-0.05, 0) is 26.7 Å². The molecule has 1 N–H and O–H groups in total. The number of anilines is 1. The van der Waals surface area contributed by atoms with E-state index in [9.17, 15) is 8.78 Å². The molecule has 0 fully saturated rings. The van der Waals surface area contributed by atoms with Crippen LogP contribution in [0.15, 0.2) is 12.3 Å². The number of aromatic nitrogens is 1. The van der Waals surface area contributed by atoms with Crippen molar-refractivity contribution >= 4 is 5.82 Å². The molecule has 0 saturated carbocycles. The fraction of sp³-hybridized carbons (Fsp3) is 0.583. The summed E-state index contributed by atoms with van der Waals surface area (Å²) in [6, 6.07) is 0.817. The van der Waals surface area contributed by atoms with E-state index in [0.717, 1.165) is 25.1 Å². The third-order valence-electron chi connectivity index (χ3n) is 2.12. The summed E-state index contributed by atoms with van der Waals surface area (Å²) in [5.74, 6) is -1.24. The van der Waals surface area contributed by atoms with Gasteiger partial charge in [-0.2, -0.15) is 0 Å². The number of nitrogens with one attached hydrogen (secondary N) is 1. The molecule has 0 atom stereocenters. The number of ether oxygens (including phenoxy) is 1. The fourth-order valence-electron chi connectivity index (χ4n) is 1.30. The number of nitrogens with zero attached hydrogens (tertiary/aromatic N) is 1. The first-order chi connectivity index (χ1) is 8.09. The quantitative estimate of drug-likeness (QED) is 0.749. The molecule has 0 aromatic carbocycles. The molecule has 0 aliphatic carbocycles. The van der Waals surface area contributed by atoms with Gasteiger partial charge in [-0.25, -0.2) is 13.8 Å². The van der Waals surface area contributed by atoms with E-state index in [0.29, 0.717) is 13.2 Å². The molecular weight excluding hydrogens is 226 g/mol. The van der Waals surface area contributed by atoms with Gasteiger partial charge in [0.15, 0.2) is 11.6 Å². The predicted octanol–water partition coefficient (Wildman–Crippen LogP) is 2.98. The first-order valence-corrected chi connectivity index (χ1v) is 5.76. The van der Waals surface area contributed by atoms with E-state index in [2.05, 4.69) is 10.3 Å². The average Bonchev–Trinajstić information content (AvgIpc) is 2.25. The highest BCUT2D eigenvalue weighted by molar-refractivity contribution is 5.35. The topological polar surface area (TPSA) is 34.1 Å². The number of hydrogen-bond donors (Lipinski definition) is 1. The van der Waals surface area contributed by atoms with Gasteiger partial charge < -0.3 is 10.1 Å². The Kier molecular flexibility index (Phi) is 5.83. The van der Waals surface area contributed by atoms with Crippen molar-refractivity contribution in [1.29, 1.82) is 0 Å². The Morgan fingerprint density at radius 1 is 1.35 bits per heavy atom. The minimum atomic E-state index is -0.668. The van der Waals surface area contributed by atoms with Crippen molar-refractivity contribution in [3.8, 4) is 0 Å². The van der Waals surface area contributed by atoms with Crippen LogP contribution in [0.2, 0.25) is 0 Å². The summed E-state index contributed by atoms with van der Waals surface area (Å²) in [5.41, 5.74) is 0. The molecule has 96 valence electrons. The maximum Gasteiger partial charge on any atom is 0.168 e. The summed E-state index contributed by atoms with van der Waals surface area (Å²) in [5, 5.41) is 2.82. The highest BCUT2D eigenvalue weighted by Crippen LogP contribution is 2.10. The van der Waals surface area contributed by atoms with Crippen LogP contribution in [0, 0.1) is 11.6 Å². The lowest BCUT2D eigenvalue weighted by Gasteiger charge is -2.08. The zero-order valence-electron chi connectivity index (χ0n) is 10.2. The molecule has 0 radical (unpaired) electrons. The Labute approximate surface area is 100 Å². The van der Waals surface area contributed by atoms with Gasteiger partial charge in [0.25, 0.3) is 0 Å². The van der Waals surface area contributed by atoms with Gasteiger partial charge in [0.05, 0.1) is 12.3 Å². The Hall–Kier alpha value is -1.23. The van der Waals surface area contributed by atoms with Crippen molar-refractivity contribution in [3.63, 3.8) is 0 Å². The summed E-state index contributed by atoms with van der Waals surface area (Å²) in [6.07, 6.45) is 2.98. The number of pyridine rings is 1. The highest BCUT2D eigenvalue weighted by Gasteiger charge is 2.04. The minimum absolute atomic E-state index is 0.0937. The first-order valence-electron chi connectivity index (χ1n) is 5.76. The van der Waals surface area contributed by atoms with Crippen molar-refractivity contribution in [3.05, 3.63) is 23.9 Å². The Balaban J connectivity index is 2.18. The van der Waals surface area contributed by atoms with Gasteiger partial charge >= 0.3 is 0 Å². The standard InChI is InChI=1S/C12H18F2N2O/c1-9(2)17-6-4-3-5-15-12-11(14)7-10(13)8-16-12/h7-9H,3-6H2,1-2H3,(H,15,16). The van der Waals surface area contributed by atoms with E-state index in [1.54, 1.807) is 0 Å². The summed E-state index contributed by atoms with van der Waals surface area (Å²) in [7, 11) is 0. The molecule has 0 amide bonds. The van der Waals surface area contributed by atoms with Gasteiger partial charge in [-0.15, -0.1) is 0 Å². The van der Waals surface area contributed by atoms with Gasteiger partial charge in [0.2, 0.25) is 0 Å². The zero-order valence-corrected chi connectivity index (χ0v) is 10.2. The second-order valence-corrected chi connectivity index (χ2v) is 4.04. The van der Waals surface area contributed by atoms with Crippen molar-refractivity contribution in [2.75, 3.05) is 18.5 Å². The van der Waals surface area contributed by atoms with Gasteiger partial charge in [-0.1, -0.05) is 0 Å². The van der Waals surface area contributed by atoms with E-state index in [-0.39, 0.29) is 11.9 Å². The minimum Gasteiger partial charge on any atom is -0.379 e. The molecule has 0 aliphatic rings. The number of unbranched alkanes of at least 4 members (excludes halogenated alkanes) is 1. The van der Waals surface area contributed by atoms with Crippen LogP contribution in [0.1, 0.15) is 26.7 Å². The van der Waals surface area contributed by atoms with Crippen LogP contribution < -0.4 is 5.32 Å². The van der Waals surface area contributed by atoms with Crippen molar-refractivity contribution in [2.45, 2.75) is 32.8 Å². The maximum atomic E-state index is 13.1. The summed E-state index contributed by atoms with van der Waals surface area (Å²) >= 11 is 0. The highest BCUT2D eigenvalue weighted by atomic mass is 19.1. The molecule has 5 heteroatoms. The molecule has 1 rings (SSSR count). The second-order valence-electron chi connectivity index (χ2n) is 4.04. The Bertz CT molecular complexity index is 345. The van der Waals surface area contributed by atoms with Crippen LogP contribution in [-0.2, 0) is 4.74 Å². The lowest BCUT2D eigenvalue weighted by atomic mass is 10.3. The van der Waals surface area contributed by atoms with E-state index in [1.165, 1.54) is 0 Å².